The number of benzene rings is 2. The molecule has 1 aliphatic rings. The minimum absolute atomic E-state index is 0.107. The molecule has 0 spiro atoms. The molecule has 0 aliphatic carbocycles. The van der Waals surface area contributed by atoms with Crippen LogP contribution in [0.25, 0.3) is 11.6 Å². The molecule has 0 saturated heterocycles. The summed E-state index contributed by atoms with van der Waals surface area (Å²) in [6.07, 6.45) is 3.02. The molecule has 0 fully saturated rings. The summed E-state index contributed by atoms with van der Waals surface area (Å²) in [5, 5.41) is 9.65. The molecule has 0 bridgehead atoms. The van der Waals surface area contributed by atoms with E-state index in [1.54, 1.807) is 12.1 Å². The first-order valence-corrected chi connectivity index (χ1v) is 9.95. The minimum atomic E-state index is -0.295. The van der Waals surface area contributed by atoms with Crippen LogP contribution in [0.4, 0.5) is 10.1 Å². The quantitative estimate of drug-likeness (QED) is 0.440. The average molecular weight is 377 g/mol. The molecule has 2 aromatic rings. The highest BCUT2D eigenvalue weighted by molar-refractivity contribution is 5.90. The Morgan fingerprint density at radius 3 is 2.46 bits per heavy atom. The van der Waals surface area contributed by atoms with E-state index in [2.05, 4.69) is 64.6 Å². The lowest BCUT2D eigenvalue weighted by Crippen LogP contribution is -2.51. The van der Waals surface area contributed by atoms with E-state index in [0.717, 1.165) is 23.1 Å². The van der Waals surface area contributed by atoms with E-state index in [1.165, 1.54) is 23.4 Å². The van der Waals surface area contributed by atoms with Crippen molar-refractivity contribution in [3.8, 4) is 6.07 Å². The Bertz CT molecular complexity index is 946. The topological polar surface area (TPSA) is 27.0 Å². The van der Waals surface area contributed by atoms with Gasteiger partial charge in [-0.2, -0.15) is 5.26 Å². The summed E-state index contributed by atoms with van der Waals surface area (Å²) < 4.78 is 13.2. The molecule has 2 aromatic carbocycles. The Labute approximate surface area is 168 Å². The van der Waals surface area contributed by atoms with Crippen LogP contribution in [0.1, 0.15) is 69.2 Å². The lowest BCUT2D eigenvalue weighted by molar-refractivity contribution is 0.356. The van der Waals surface area contributed by atoms with Crippen molar-refractivity contribution in [1.82, 2.24) is 0 Å². The van der Waals surface area contributed by atoms with Crippen LogP contribution in [-0.2, 0) is 0 Å². The van der Waals surface area contributed by atoms with Gasteiger partial charge in [-0.25, -0.2) is 4.39 Å². The van der Waals surface area contributed by atoms with Gasteiger partial charge < -0.3 is 4.90 Å². The Balaban J connectivity index is 2.12. The highest BCUT2D eigenvalue weighted by Gasteiger charge is 2.37. The number of fused-ring (bicyclic) bond motifs is 1. The van der Waals surface area contributed by atoms with Gasteiger partial charge in [-0.1, -0.05) is 19.1 Å². The normalized spacial score (nSPS) is 18.8. The van der Waals surface area contributed by atoms with Gasteiger partial charge in [0.25, 0.3) is 0 Å². The molecule has 28 heavy (non-hydrogen) atoms. The van der Waals surface area contributed by atoms with Crippen molar-refractivity contribution < 1.29 is 4.39 Å². The van der Waals surface area contributed by atoms with E-state index in [0.29, 0.717) is 17.5 Å². The van der Waals surface area contributed by atoms with Crippen LogP contribution in [0.15, 0.2) is 36.4 Å². The zero-order valence-electron chi connectivity index (χ0n) is 17.7. The summed E-state index contributed by atoms with van der Waals surface area (Å²) in [5.41, 5.74) is 6.22. The molecule has 2 nitrogen and oxygen atoms in total. The highest BCUT2D eigenvalue weighted by atomic mass is 19.1. The fourth-order valence-corrected chi connectivity index (χ4v) is 4.71. The van der Waals surface area contributed by atoms with E-state index in [1.807, 2.05) is 6.08 Å². The van der Waals surface area contributed by atoms with Crippen LogP contribution < -0.4 is 4.90 Å². The Kier molecular flexibility index (Phi) is 5.35. The van der Waals surface area contributed by atoms with Crippen LogP contribution in [-0.4, -0.2) is 11.6 Å². The minimum Gasteiger partial charge on any atom is -0.364 e. The third-order valence-electron chi connectivity index (χ3n) is 5.76. The van der Waals surface area contributed by atoms with Crippen molar-refractivity contribution in [2.24, 2.45) is 0 Å². The second kappa shape index (κ2) is 7.43. The van der Waals surface area contributed by atoms with Crippen molar-refractivity contribution in [2.75, 3.05) is 4.90 Å². The first-order valence-electron chi connectivity index (χ1n) is 9.95. The highest BCUT2D eigenvalue weighted by Crippen LogP contribution is 2.45. The largest absolute Gasteiger partial charge is 0.364 e. The van der Waals surface area contributed by atoms with Gasteiger partial charge in [-0.05, 0) is 99.6 Å². The number of allylic oxidation sites excluding steroid dienone is 1. The lowest BCUT2D eigenvalue weighted by Gasteiger charge is -2.50. The number of hydrogen-bond acceptors (Lipinski definition) is 2. The molecule has 3 rings (SSSR count). The fourth-order valence-electron chi connectivity index (χ4n) is 4.71. The number of nitrogens with zero attached hydrogens (tertiary/aromatic N) is 2. The maximum Gasteiger partial charge on any atom is 0.123 e. The predicted octanol–water partition coefficient (Wildman–Crippen LogP) is 6.70. The van der Waals surface area contributed by atoms with Crippen molar-refractivity contribution in [3.05, 3.63) is 64.5 Å². The second-order valence-electron chi connectivity index (χ2n) is 8.83. The van der Waals surface area contributed by atoms with E-state index in [-0.39, 0.29) is 11.4 Å². The average Bonchev–Trinajstić information content (AvgIpc) is 2.60. The summed E-state index contributed by atoms with van der Waals surface area (Å²) in [4.78, 5) is 2.52. The van der Waals surface area contributed by atoms with Crippen molar-refractivity contribution in [1.29, 1.82) is 5.26 Å². The first kappa shape index (κ1) is 20.1. The molecule has 1 aliphatic heterocycles. The van der Waals surface area contributed by atoms with Crippen LogP contribution in [0.3, 0.4) is 0 Å². The lowest BCUT2D eigenvalue weighted by atomic mass is 9.78. The van der Waals surface area contributed by atoms with Gasteiger partial charge in [0.15, 0.2) is 0 Å². The third kappa shape index (κ3) is 3.69. The summed E-state index contributed by atoms with van der Waals surface area (Å²) >= 11 is 0. The van der Waals surface area contributed by atoms with Gasteiger partial charge in [-0.15, -0.1) is 0 Å². The van der Waals surface area contributed by atoms with Crippen molar-refractivity contribution in [3.63, 3.8) is 0 Å². The maximum atomic E-state index is 13.2. The zero-order valence-corrected chi connectivity index (χ0v) is 17.7. The number of rotatable bonds is 3. The summed E-state index contributed by atoms with van der Waals surface area (Å²) in [7, 11) is 0. The van der Waals surface area contributed by atoms with Gasteiger partial charge in [0, 0.05) is 17.3 Å². The molecule has 1 atom stereocenters. The summed E-state index contributed by atoms with van der Waals surface area (Å²) in [5.74, 6) is 0.153. The van der Waals surface area contributed by atoms with Gasteiger partial charge in [0.05, 0.1) is 11.6 Å². The number of halogens is 1. The summed E-state index contributed by atoms with van der Waals surface area (Å²) in [6, 6.07) is 13.3. The molecule has 3 heteroatoms. The molecular formula is C25H29FN2. The number of nitriles is 1. The number of aryl methyl sites for hydroxylation is 1. The van der Waals surface area contributed by atoms with Gasteiger partial charge in [-0.3, -0.25) is 0 Å². The Hall–Kier alpha value is -2.60. The Morgan fingerprint density at radius 2 is 1.89 bits per heavy atom. The van der Waals surface area contributed by atoms with Gasteiger partial charge in [0.2, 0.25) is 0 Å². The summed E-state index contributed by atoms with van der Waals surface area (Å²) in [6.45, 7) is 13.5. The smallest absolute Gasteiger partial charge is 0.123 e. The van der Waals surface area contributed by atoms with Crippen LogP contribution in [0.5, 0.6) is 0 Å². The molecule has 0 aromatic heterocycles. The molecule has 146 valence electrons. The van der Waals surface area contributed by atoms with E-state index < -0.39 is 0 Å². The maximum absolute atomic E-state index is 13.2. The SMILES string of the molecule is Cc1cc2c(cc1/C=C(/C#N)c1ccc(F)cc1)[C@H](C)CC(C)(C)N2C(C)C. The predicted molar refractivity (Wildman–Crippen MR) is 116 cm³/mol. The van der Waals surface area contributed by atoms with Crippen LogP contribution >= 0.6 is 0 Å². The molecule has 1 heterocycles. The van der Waals surface area contributed by atoms with Crippen LogP contribution in [0, 0.1) is 24.1 Å². The first-order chi connectivity index (χ1) is 13.1. The van der Waals surface area contributed by atoms with E-state index in [4.69, 9.17) is 0 Å². The molecular weight excluding hydrogens is 347 g/mol. The Morgan fingerprint density at radius 1 is 1.25 bits per heavy atom. The third-order valence-corrected chi connectivity index (χ3v) is 5.76. The molecule has 0 radical (unpaired) electrons. The van der Waals surface area contributed by atoms with Crippen molar-refractivity contribution >= 4 is 17.3 Å². The van der Waals surface area contributed by atoms with Crippen LogP contribution in [0.2, 0.25) is 0 Å². The van der Waals surface area contributed by atoms with Gasteiger partial charge in [0.1, 0.15) is 5.82 Å². The monoisotopic (exact) mass is 376 g/mol. The molecule has 0 N–H and O–H groups in total. The second-order valence-corrected chi connectivity index (χ2v) is 8.83. The van der Waals surface area contributed by atoms with E-state index >= 15 is 0 Å². The molecule has 0 amide bonds. The van der Waals surface area contributed by atoms with Crippen molar-refractivity contribution in [2.45, 2.75) is 65.5 Å². The number of anilines is 1. The van der Waals surface area contributed by atoms with E-state index in [9.17, 15) is 9.65 Å². The van der Waals surface area contributed by atoms with Gasteiger partial charge >= 0.3 is 0 Å². The zero-order chi connectivity index (χ0) is 20.6. The fraction of sp³-hybridized carbons (Fsp3) is 0.400. The number of hydrogen-bond donors (Lipinski definition) is 0. The standard InChI is InChI=1S/C25H29FN2/c1-16(2)28-24-11-17(3)20(13-23(24)18(4)14-25(28,5)6)12-21(15-27)19-7-9-22(26)10-8-19/h7-13,16,18H,14H2,1-6H3/b21-12-/t18-/m1/s1. The molecule has 0 saturated carbocycles. The molecule has 0 unspecified atom stereocenters.